The van der Waals surface area contributed by atoms with Crippen LogP contribution in [0.5, 0.6) is 17.2 Å². The van der Waals surface area contributed by atoms with Crippen LogP contribution in [0.1, 0.15) is 33.9 Å². The van der Waals surface area contributed by atoms with E-state index in [4.69, 9.17) is 9.47 Å². The number of aromatic hydroxyl groups is 1. The average Bonchev–Trinajstić information content (AvgIpc) is 3.22. The van der Waals surface area contributed by atoms with Crippen LogP contribution < -0.4 is 9.47 Å². The van der Waals surface area contributed by atoms with Gasteiger partial charge in [-0.2, -0.15) is 0 Å². The van der Waals surface area contributed by atoms with Crippen LogP contribution in [0, 0.1) is 6.92 Å². The first kappa shape index (κ1) is 26.5. The maximum absolute atomic E-state index is 13.4. The lowest BCUT2D eigenvalue weighted by atomic mass is 9.94. The summed E-state index contributed by atoms with van der Waals surface area (Å²) >= 11 is 0. The number of hydrogen-bond donors (Lipinski definition) is 2. The second-order valence-electron chi connectivity index (χ2n) is 9.52. The van der Waals surface area contributed by atoms with Gasteiger partial charge in [-0.25, -0.2) is 0 Å². The van der Waals surface area contributed by atoms with Gasteiger partial charge in [0.2, 0.25) is 0 Å². The first-order valence-electron chi connectivity index (χ1n) is 12.7. The SMILES string of the molecule is COc1cc(C2/C(=C(/O)c3ccc(OCc4cccc(C)c4)cc3)C(=O)C(=O)N2Cc2ccncc2)ccc1O. The summed E-state index contributed by atoms with van der Waals surface area (Å²) < 4.78 is 11.2. The second-order valence-corrected chi connectivity index (χ2v) is 9.52. The lowest BCUT2D eigenvalue weighted by molar-refractivity contribution is -0.140. The number of benzene rings is 3. The van der Waals surface area contributed by atoms with Gasteiger partial charge in [0.1, 0.15) is 18.1 Å². The lowest BCUT2D eigenvalue weighted by Gasteiger charge is -2.26. The van der Waals surface area contributed by atoms with Crippen molar-refractivity contribution in [2.45, 2.75) is 26.1 Å². The van der Waals surface area contributed by atoms with E-state index >= 15 is 0 Å². The highest BCUT2D eigenvalue weighted by molar-refractivity contribution is 6.46. The molecule has 3 aromatic carbocycles. The number of phenols is 1. The zero-order valence-electron chi connectivity index (χ0n) is 22.1. The molecular formula is C32H28N2O6. The summed E-state index contributed by atoms with van der Waals surface area (Å²) in [6, 6.07) is 21.9. The topological polar surface area (TPSA) is 109 Å². The molecule has 5 rings (SSSR count). The molecule has 1 unspecified atom stereocenters. The smallest absolute Gasteiger partial charge is 0.295 e. The van der Waals surface area contributed by atoms with Crippen LogP contribution >= 0.6 is 0 Å². The third kappa shape index (κ3) is 5.37. The molecule has 2 heterocycles. The second kappa shape index (κ2) is 11.3. The summed E-state index contributed by atoms with van der Waals surface area (Å²) in [6.07, 6.45) is 3.21. The molecule has 1 aliphatic heterocycles. The molecule has 0 radical (unpaired) electrons. The largest absolute Gasteiger partial charge is 0.507 e. The fourth-order valence-corrected chi connectivity index (χ4v) is 4.77. The third-order valence-corrected chi connectivity index (χ3v) is 6.78. The number of methoxy groups -OCH3 is 1. The van der Waals surface area contributed by atoms with Gasteiger partial charge in [-0.1, -0.05) is 35.9 Å². The standard InChI is InChI=1S/C32H28N2O6/c1-20-4-3-5-22(16-20)19-40-25-9-6-23(7-10-25)30(36)28-29(24-8-11-26(35)27(17-24)39-2)34(32(38)31(28)37)18-21-12-14-33-15-13-21/h3-17,29,35-36H,18-19H2,1-2H3/b30-28-. The van der Waals surface area contributed by atoms with E-state index in [1.807, 2.05) is 31.2 Å². The van der Waals surface area contributed by atoms with Gasteiger partial charge in [0, 0.05) is 24.5 Å². The summed E-state index contributed by atoms with van der Waals surface area (Å²) in [5.74, 6) is -1.16. The molecule has 202 valence electrons. The number of aromatic nitrogens is 1. The number of Topliss-reactive ketones (excluding diaryl/α,β-unsaturated/α-hetero) is 1. The fraction of sp³-hybridized carbons (Fsp3) is 0.156. The predicted octanol–water partition coefficient (Wildman–Crippen LogP) is 5.31. The highest BCUT2D eigenvalue weighted by Gasteiger charge is 2.46. The molecule has 8 nitrogen and oxygen atoms in total. The third-order valence-electron chi connectivity index (χ3n) is 6.78. The Bertz CT molecular complexity index is 1580. The summed E-state index contributed by atoms with van der Waals surface area (Å²) in [4.78, 5) is 32.0. The van der Waals surface area contributed by atoms with Crippen molar-refractivity contribution in [1.29, 1.82) is 0 Å². The minimum atomic E-state index is -0.917. The summed E-state index contributed by atoms with van der Waals surface area (Å²) in [6.45, 7) is 2.52. The Morgan fingerprint density at radius 3 is 2.40 bits per heavy atom. The van der Waals surface area contributed by atoms with Gasteiger partial charge < -0.3 is 24.6 Å². The Morgan fingerprint density at radius 2 is 1.70 bits per heavy atom. The van der Waals surface area contributed by atoms with Crippen molar-refractivity contribution in [2.24, 2.45) is 0 Å². The van der Waals surface area contributed by atoms with Gasteiger partial charge in [0.05, 0.1) is 18.7 Å². The molecule has 8 heteroatoms. The van der Waals surface area contributed by atoms with Gasteiger partial charge >= 0.3 is 0 Å². The van der Waals surface area contributed by atoms with Crippen molar-refractivity contribution in [2.75, 3.05) is 7.11 Å². The van der Waals surface area contributed by atoms with Gasteiger partial charge in [-0.3, -0.25) is 14.6 Å². The van der Waals surface area contributed by atoms with E-state index in [2.05, 4.69) is 4.98 Å². The Balaban J connectivity index is 1.50. The molecule has 0 bridgehead atoms. The van der Waals surface area contributed by atoms with Crippen molar-refractivity contribution in [1.82, 2.24) is 9.88 Å². The maximum atomic E-state index is 13.4. The van der Waals surface area contributed by atoms with Crippen LogP contribution in [0.4, 0.5) is 0 Å². The zero-order valence-corrected chi connectivity index (χ0v) is 22.1. The number of rotatable bonds is 8. The number of aryl methyl sites for hydroxylation is 1. The number of ketones is 1. The number of aliphatic hydroxyl groups excluding tert-OH is 1. The molecule has 1 amide bonds. The molecule has 1 saturated heterocycles. The number of likely N-dealkylation sites (tertiary alicyclic amines) is 1. The number of nitrogens with zero attached hydrogens (tertiary/aromatic N) is 2. The monoisotopic (exact) mass is 536 g/mol. The Labute approximate surface area is 231 Å². The number of phenolic OH excluding ortho intramolecular Hbond substituents is 1. The minimum absolute atomic E-state index is 0.0553. The number of carbonyl (C=O) groups excluding carboxylic acids is 2. The predicted molar refractivity (Wildman–Crippen MR) is 149 cm³/mol. The average molecular weight is 537 g/mol. The van der Waals surface area contributed by atoms with Gasteiger partial charge in [0.15, 0.2) is 11.5 Å². The number of aliphatic hydroxyl groups is 1. The van der Waals surface area contributed by atoms with Gasteiger partial charge in [0.25, 0.3) is 11.7 Å². The molecule has 1 fully saturated rings. The molecular weight excluding hydrogens is 508 g/mol. The molecule has 0 aliphatic carbocycles. The van der Waals surface area contributed by atoms with Crippen molar-refractivity contribution in [3.8, 4) is 17.2 Å². The molecule has 2 N–H and O–H groups in total. The normalized spacial score (nSPS) is 16.2. The highest BCUT2D eigenvalue weighted by atomic mass is 16.5. The highest BCUT2D eigenvalue weighted by Crippen LogP contribution is 2.42. The van der Waals surface area contributed by atoms with E-state index in [1.54, 1.807) is 60.9 Å². The van der Waals surface area contributed by atoms with Gasteiger partial charge in [-0.05, 0) is 72.1 Å². The first-order chi connectivity index (χ1) is 19.4. The number of ether oxygens (including phenoxy) is 2. The fourth-order valence-electron chi connectivity index (χ4n) is 4.77. The van der Waals surface area contributed by atoms with E-state index in [-0.39, 0.29) is 29.4 Å². The van der Waals surface area contributed by atoms with Crippen LogP contribution in [-0.4, -0.2) is 38.9 Å². The Kier molecular flexibility index (Phi) is 7.50. The van der Waals surface area contributed by atoms with E-state index in [9.17, 15) is 19.8 Å². The Morgan fingerprint density at radius 1 is 0.950 bits per heavy atom. The molecule has 1 aromatic heterocycles. The quantitative estimate of drug-likeness (QED) is 0.179. The van der Waals surface area contributed by atoms with E-state index in [0.717, 1.165) is 16.7 Å². The Hall–Kier alpha value is -5.11. The zero-order chi connectivity index (χ0) is 28.2. The minimum Gasteiger partial charge on any atom is -0.507 e. The number of carbonyl (C=O) groups is 2. The summed E-state index contributed by atoms with van der Waals surface area (Å²) in [7, 11) is 1.41. The van der Waals surface area contributed by atoms with E-state index < -0.39 is 17.7 Å². The van der Waals surface area contributed by atoms with Gasteiger partial charge in [-0.15, -0.1) is 0 Å². The molecule has 1 aliphatic rings. The van der Waals surface area contributed by atoms with Crippen molar-refractivity contribution in [3.63, 3.8) is 0 Å². The lowest BCUT2D eigenvalue weighted by Crippen LogP contribution is -2.29. The number of amides is 1. The number of hydrogen-bond acceptors (Lipinski definition) is 7. The van der Waals surface area contributed by atoms with E-state index in [1.165, 1.54) is 18.1 Å². The van der Waals surface area contributed by atoms with Crippen molar-refractivity contribution >= 4 is 17.4 Å². The molecule has 0 spiro atoms. The van der Waals surface area contributed by atoms with Crippen LogP contribution in [0.25, 0.3) is 5.76 Å². The molecule has 0 saturated carbocycles. The number of pyridine rings is 1. The molecule has 40 heavy (non-hydrogen) atoms. The maximum Gasteiger partial charge on any atom is 0.295 e. The van der Waals surface area contributed by atoms with Crippen LogP contribution in [-0.2, 0) is 22.7 Å². The van der Waals surface area contributed by atoms with Crippen LogP contribution in [0.2, 0.25) is 0 Å². The van der Waals surface area contributed by atoms with Crippen molar-refractivity contribution in [3.05, 3.63) is 125 Å². The summed E-state index contributed by atoms with van der Waals surface area (Å²) in [5, 5.41) is 21.5. The molecule has 4 aromatic rings. The first-order valence-corrected chi connectivity index (χ1v) is 12.7. The van der Waals surface area contributed by atoms with E-state index in [0.29, 0.717) is 23.5 Å². The van der Waals surface area contributed by atoms with Crippen LogP contribution in [0.15, 0.2) is 96.8 Å². The van der Waals surface area contributed by atoms with Crippen molar-refractivity contribution < 1.29 is 29.3 Å². The molecule has 1 atom stereocenters. The summed E-state index contributed by atoms with van der Waals surface area (Å²) in [5.41, 5.74) is 3.75. The van der Waals surface area contributed by atoms with Crippen LogP contribution in [0.3, 0.4) is 0 Å².